The van der Waals surface area contributed by atoms with E-state index >= 15 is 0 Å². The largest absolute Gasteiger partial charge is 0.384 e. The van der Waals surface area contributed by atoms with E-state index in [1.54, 1.807) is 6.92 Å². The first-order chi connectivity index (χ1) is 8.52. The topological polar surface area (TPSA) is 53.2 Å². The van der Waals surface area contributed by atoms with Gasteiger partial charge in [-0.15, -0.1) is 0 Å². The average molecular weight is 310 g/mol. The van der Waals surface area contributed by atoms with Crippen molar-refractivity contribution < 1.29 is 9.84 Å². The van der Waals surface area contributed by atoms with E-state index in [-0.39, 0.29) is 0 Å². The molecule has 1 aliphatic heterocycles. The summed E-state index contributed by atoms with van der Waals surface area (Å²) >= 11 is 3.40. The van der Waals surface area contributed by atoms with Crippen molar-refractivity contribution in [2.75, 3.05) is 13.2 Å². The second-order valence-electron chi connectivity index (χ2n) is 4.89. The first kappa shape index (κ1) is 13.5. The van der Waals surface area contributed by atoms with Crippen molar-refractivity contribution in [2.24, 2.45) is 5.41 Å². The third-order valence-electron chi connectivity index (χ3n) is 3.88. The van der Waals surface area contributed by atoms with Crippen LogP contribution in [-0.2, 0) is 10.3 Å². The Morgan fingerprint density at radius 1 is 1.44 bits per heavy atom. The molecule has 1 aliphatic rings. The predicted octanol–water partition coefficient (Wildman–Crippen LogP) is 2.98. The molecule has 4 heteroatoms. The Balaban J connectivity index is 2.43. The number of halogens is 1. The minimum Gasteiger partial charge on any atom is -0.384 e. The van der Waals surface area contributed by atoms with Gasteiger partial charge in [-0.3, -0.25) is 0 Å². The standard InChI is InChI=1S/C14H16BrNO2/c1-13(17,11-3-2-4-12(15)9-11)14(10-16)5-7-18-8-6-14/h2-4,9,17H,5-8H2,1H3. The molecule has 0 radical (unpaired) electrons. The fourth-order valence-electron chi connectivity index (χ4n) is 2.49. The number of nitriles is 1. The fourth-order valence-corrected chi connectivity index (χ4v) is 2.89. The molecule has 0 spiro atoms. The number of ether oxygens (including phenoxy) is 1. The zero-order chi connectivity index (χ0) is 13.2. The first-order valence-electron chi connectivity index (χ1n) is 5.99. The molecule has 0 bridgehead atoms. The van der Waals surface area contributed by atoms with Crippen molar-refractivity contribution in [3.63, 3.8) is 0 Å². The third-order valence-corrected chi connectivity index (χ3v) is 4.37. The van der Waals surface area contributed by atoms with E-state index in [1.807, 2.05) is 24.3 Å². The summed E-state index contributed by atoms with van der Waals surface area (Å²) in [5.41, 5.74) is -1.18. The smallest absolute Gasteiger partial charge is 0.106 e. The average Bonchev–Trinajstić information content (AvgIpc) is 2.39. The van der Waals surface area contributed by atoms with Crippen molar-refractivity contribution >= 4 is 15.9 Å². The highest BCUT2D eigenvalue weighted by Crippen LogP contribution is 2.46. The van der Waals surface area contributed by atoms with Gasteiger partial charge >= 0.3 is 0 Å². The Kier molecular flexibility index (Phi) is 3.76. The highest BCUT2D eigenvalue weighted by atomic mass is 79.9. The van der Waals surface area contributed by atoms with Gasteiger partial charge < -0.3 is 9.84 Å². The van der Waals surface area contributed by atoms with Gasteiger partial charge in [0.1, 0.15) is 5.60 Å². The summed E-state index contributed by atoms with van der Waals surface area (Å²) in [4.78, 5) is 0. The second kappa shape index (κ2) is 5.00. The Morgan fingerprint density at radius 3 is 2.67 bits per heavy atom. The Morgan fingerprint density at radius 2 is 2.11 bits per heavy atom. The van der Waals surface area contributed by atoms with Crippen LogP contribution in [0.1, 0.15) is 25.3 Å². The zero-order valence-corrected chi connectivity index (χ0v) is 11.9. The van der Waals surface area contributed by atoms with E-state index in [0.29, 0.717) is 26.1 Å². The molecule has 0 aromatic heterocycles. The SMILES string of the molecule is CC(O)(c1cccc(Br)c1)C1(C#N)CCOCC1. The molecule has 96 valence electrons. The summed E-state index contributed by atoms with van der Waals surface area (Å²) in [6.07, 6.45) is 1.12. The van der Waals surface area contributed by atoms with E-state index in [2.05, 4.69) is 22.0 Å². The molecule has 18 heavy (non-hydrogen) atoms. The molecule has 3 nitrogen and oxygen atoms in total. The van der Waals surface area contributed by atoms with Crippen molar-refractivity contribution in [3.05, 3.63) is 34.3 Å². The van der Waals surface area contributed by atoms with Gasteiger partial charge in [0, 0.05) is 17.7 Å². The number of benzene rings is 1. The maximum Gasteiger partial charge on any atom is 0.106 e. The van der Waals surface area contributed by atoms with E-state index < -0.39 is 11.0 Å². The molecule has 1 unspecified atom stereocenters. The van der Waals surface area contributed by atoms with Crippen LogP contribution in [-0.4, -0.2) is 18.3 Å². The van der Waals surface area contributed by atoms with Gasteiger partial charge in [-0.1, -0.05) is 28.1 Å². The zero-order valence-electron chi connectivity index (χ0n) is 10.3. The molecule has 1 aromatic rings. The van der Waals surface area contributed by atoms with Crippen LogP contribution in [0, 0.1) is 16.7 Å². The lowest BCUT2D eigenvalue weighted by Gasteiger charge is -2.43. The molecule has 1 aromatic carbocycles. The third kappa shape index (κ3) is 2.18. The van der Waals surface area contributed by atoms with E-state index in [4.69, 9.17) is 4.74 Å². The van der Waals surface area contributed by atoms with Gasteiger partial charge in [-0.05, 0) is 37.5 Å². The van der Waals surface area contributed by atoms with Crippen LogP contribution < -0.4 is 0 Å². The number of aliphatic hydroxyl groups is 1. The van der Waals surface area contributed by atoms with Crippen LogP contribution in [0.5, 0.6) is 0 Å². The molecule has 1 heterocycles. The van der Waals surface area contributed by atoms with Gasteiger partial charge in [-0.2, -0.15) is 5.26 Å². The first-order valence-corrected chi connectivity index (χ1v) is 6.79. The van der Waals surface area contributed by atoms with Crippen LogP contribution in [0.15, 0.2) is 28.7 Å². The molecule has 1 atom stereocenters. The number of rotatable bonds is 2. The molecular formula is C14H16BrNO2. The second-order valence-corrected chi connectivity index (χ2v) is 5.80. The normalized spacial score (nSPS) is 21.9. The maximum atomic E-state index is 10.9. The van der Waals surface area contributed by atoms with E-state index in [9.17, 15) is 10.4 Å². The van der Waals surface area contributed by atoms with Crippen molar-refractivity contribution in [1.29, 1.82) is 5.26 Å². The molecule has 0 amide bonds. The fraction of sp³-hybridized carbons (Fsp3) is 0.500. The Hall–Kier alpha value is -0.890. The van der Waals surface area contributed by atoms with Gasteiger partial charge in [-0.25, -0.2) is 0 Å². The highest BCUT2D eigenvalue weighted by molar-refractivity contribution is 9.10. The minimum absolute atomic E-state index is 0.526. The van der Waals surface area contributed by atoms with Crippen molar-refractivity contribution in [1.82, 2.24) is 0 Å². The minimum atomic E-state index is -1.17. The highest BCUT2D eigenvalue weighted by Gasteiger charge is 2.49. The number of hydrogen-bond acceptors (Lipinski definition) is 3. The van der Waals surface area contributed by atoms with Crippen molar-refractivity contribution in [2.45, 2.75) is 25.4 Å². The van der Waals surface area contributed by atoms with Gasteiger partial charge in [0.05, 0.1) is 11.5 Å². The lowest BCUT2D eigenvalue weighted by Crippen LogP contribution is -2.46. The number of nitrogens with zero attached hydrogens (tertiary/aromatic N) is 1. The quantitative estimate of drug-likeness (QED) is 0.913. The predicted molar refractivity (Wildman–Crippen MR) is 71.8 cm³/mol. The van der Waals surface area contributed by atoms with Gasteiger partial charge in [0.25, 0.3) is 0 Å². The summed E-state index contributed by atoms with van der Waals surface area (Å²) in [5.74, 6) is 0. The van der Waals surface area contributed by atoms with Crippen LogP contribution in [0.25, 0.3) is 0 Å². The van der Waals surface area contributed by atoms with Crippen LogP contribution >= 0.6 is 15.9 Å². The summed E-state index contributed by atoms with van der Waals surface area (Å²) in [6.45, 7) is 2.78. The lowest BCUT2D eigenvalue weighted by atomic mass is 9.66. The van der Waals surface area contributed by atoms with Gasteiger partial charge in [0.2, 0.25) is 0 Å². The summed E-state index contributed by atoms with van der Waals surface area (Å²) in [5, 5.41) is 20.4. The van der Waals surface area contributed by atoms with Gasteiger partial charge in [0.15, 0.2) is 0 Å². The summed E-state index contributed by atoms with van der Waals surface area (Å²) < 4.78 is 6.21. The van der Waals surface area contributed by atoms with Crippen LogP contribution in [0.4, 0.5) is 0 Å². The summed E-state index contributed by atoms with van der Waals surface area (Å²) in [7, 11) is 0. The molecule has 1 N–H and O–H groups in total. The molecule has 0 saturated carbocycles. The lowest BCUT2D eigenvalue weighted by molar-refractivity contribution is -0.0975. The number of hydrogen-bond donors (Lipinski definition) is 1. The van der Waals surface area contributed by atoms with Crippen LogP contribution in [0.2, 0.25) is 0 Å². The van der Waals surface area contributed by atoms with E-state index in [0.717, 1.165) is 10.0 Å². The Labute approximate surface area is 116 Å². The van der Waals surface area contributed by atoms with Crippen LogP contribution in [0.3, 0.4) is 0 Å². The van der Waals surface area contributed by atoms with E-state index in [1.165, 1.54) is 0 Å². The molecular weight excluding hydrogens is 294 g/mol. The molecule has 1 fully saturated rings. The monoisotopic (exact) mass is 309 g/mol. The Bertz CT molecular complexity index is 473. The molecule has 1 saturated heterocycles. The maximum absolute atomic E-state index is 10.9. The molecule has 2 rings (SSSR count). The van der Waals surface area contributed by atoms with Crippen molar-refractivity contribution in [3.8, 4) is 6.07 Å². The summed E-state index contributed by atoms with van der Waals surface area (Å²) in [6, 6.07) is 9.84. The molecule has 0 aliphatic carbocycles.